The third-order valence-corrected chi connectivity index (χ3v) is 3.56. The van der Waals surface area contributed by atoms with Gasteiger partial charge in [-0.25, -0.2) is 4.79 Å². The molecule has 1 N–H and O–H groups in total. The first-order valence-electron chi connectivity index (χ1n) is 7.59. The smallest absolute Gasteiger partial charge is 0.335 e. The van der Waals surface area contributed by atoms with Crippen LogP contribution >= 0.6 is 0 Å². The number of carboxylic acid groups (broad SMARTS) is 1. The van der Waals surface area contributed by atoms with Crippen molar-refractivity contribution in [3.05, 3.63) is 23.9 Å². The predicted molar refractivity (Wildman–Crippen MR) is 79.0 cm³/mol. The average molecular weight is 265 g/mol. The summed E-state index contributed by atoms with van der Waals surface area (Å²) in [6.07, 6.45) is 16.0. The second-order valence-electron chi connectivity index (χ2n) is 5.25. The molecular formula is C16H27NO2. The van der Waals surface area contributed by atoms with Crippen molar-refractivity contribution < 1.29 is 9.90 Å². The van der Waals surface area contributed by atoms with Crippen molar-refractivity contribution in [2.45, 2.75) is 58.3 Å². The predicted octanol–water partition coefficient (Wildman–Crippen LogP) is 3.97. The first kappa shape index (κ1) is 15.8. The SMILES string of the molecule is CCCCCCCCCCN1C=CC(C(=O)O)=CC1. The molecule has 1 aliphatic heterocycles. The zero-order chi connectivity index (χ0) is 13.9. The number of carboxylic acids is 1. The van der Waals surface area contributed by atoms with Crippen molar-refractivity contribution in [3.8, 4) is 0 Å². The van der Waals surface area contributed by atoms with E-state index in [0.29, 0.717) is 5.57 Å². The quantitative estimate of drug-likeness (QED) is 0.608. The minimum atomic E-state index is -0.831. The van der Waals surface area contributed by atoms with Crippen LogP contribution in [0.1, 0.15) is 58.3 Å². The minimum absolute atomic E-state index is 0.409. The summed E-state index contributed by atoms with van der Waals surface area (Å²) in [6, 6.07) is 0. The Hall–Kier alpha value is -1.25. The molecule has 1 heterocycles. The molecule has 0 bridgehead atoms. The Bertz CT molecular complexity index is 321. The van der Waals surface area contributed by atoms with Crippen LogP contribution in [0.3, 0.4) is 0 Å². The lowest BCUT2D eigenvalue weighted by Gasteiger charge is -2.21. The molecule has 0 aromatic heterocycles. The van der Waals surface area contributed by atoms with E-state index in [1.807, 2.05) is 6.20 Å². The van der Waals surface area contributed by atoms with E-state index in [4.69, 9.17) is 5.11 Å². The van der Waals surface area contributed by atoms with E-state index < -0.39 is 5.97 Å². The van der Waals surface area contributed by atoms with E-state index in [-0.39, 0.29) is 0 Å². The summed E-state index contributed by atoms with van der Waals surface area (Å²) >= 11 is 0. The normalized spacial score (nSPS) is 14.6. The van der Waals surface area contributed by atoms with Crippen molar-refractivity contribution >= 4 is 5.97 Å². The molecule has 19 heavy (non-hydrogen) atoms. The lowest BCUT2D eigenvalue weighted by molar-refractivity contribution is -0.132. The molecule has 0 fully saturated rings. The van der Waals surface area contributed by atoms with Gasteiger partial charge in [0.1, 0.15) is 0 Å². The molecule has 0 aromatic carbocycles. The average Bonchev–Trinajstić information content (AvgIpc) is 2.42. The number of hydrogen-bond acceptors (Lipinski definition) is 2. The Morgan fingerprint density at radius 1 is 1.16 bits per heavy atom. The summed E-state index contributed by atoms with van der Waals surface area (Å²) < 4.78 is 0. The van der Waals surface area contributed by atoms with Crippen molar-refractivity contribution in [2.75, 3.05) is 13.1 Å². The van der Waals surface area contributed by atoms with Crippen LogP contribution in [0.4, 0.5) is 0 Å². The number of carbonyl (C=O) groups is 1. The molecule has 0 aliphatic carbocycles. The second kappa shape index (κ2) is 9.65. The summed E-state index contributed by atoms with van der Waals surface area (Å²) in [5.41, 5.74) is 0.409. The monoisotopic (exact) mass is 265 g/mol. The maximum atomic E-state index is 10.7. The second-order valence-corrected chi connectivity index (χ2v) is 5.25. The first-order valence-corrected chi connectivity index (χ1v) is 7.59. The number of rotatable bonds is 10. The zero-order valence-corrected chi connectivity index (χ0v) is 12.1. The molecule has 0 spiro atoms. The number of unbranched alkanes of at least 4 members (excludes halogenated alkanes) is 7. The topological polar surface area (TPSA) is 40.5 Å². The first-order chi connectivity index (χ1) is 9.24. The van der Waals surface area contributed by atoms with Crippen LogP contribution in [0, 0.1) is 0 Å². The maximum absolute atomic E-state index is 10.7. The molecule has 108 valence electrons. The molecule has 3 nitrogen and oxygen atoms in total. The molecule has 1 aliphatic rings. The molecule has 0 amide bonds. The summed E-state index contributed by atoms with van der Waals surface area (Å²) in [6.45, 7) is 4.01. The number of nitrogens with zero attached hydrogens (tertiary/aromatic N) is 1. The highest BCUT2D eigenvalue weighted by Gasteiger charge is 2.09. The van der Waals surface area contributed by atoms with Crippen LogP contribution in [0.25, 0.3) is 0 Å². The highest BCUT2D eigenvalue weighted by molar-refractivity contribution is 5.90. The van der Waals surface area contributed by atoms with E-state index in [0.717, 1.165) is 13.1 Å². The molecule has 0 atom stereocenters. The fourth-order valence-corrected chi connectivity index (χ4v) is 2.30. The van der Waals surface area contributed by atoms with Crippen molar-refractivity contribution in [1.29, 1.82) is 0 Å². The van der Waals surface area contributed by atoms with Gasteiger partial charge in [-0.05, 0) is 12.5 Å². The zero-order valence-electron chi connectivity index (χ0n) is 12.1. The number of aliphatic carboxylic acids is 1. The fraction of sp³-hybridized carbons (Fsp3) is 0.688. The summed E-state index contributed by atoms with van der Waals surface area (Å²) in [4.78, 5) is 12.9. The third kappa shape index (κ3) is 7.04. The Morgan fingerprint density at radius 3 is 2.32 bits per heavy atom. The molecule has 1 rings (SSSR count). The van der Waals surface area contributed by atoms with E-state index in [2.05, 4.69) is 11.8 Å². The van der Waals surface area contributed by atoms with Gasteiger partial charge in [-0.15, -0.1) is 0 Å². The highest BCUT2D eigenvalue weighted by Crippen LogP contribution is 2.11. The van der Waals surface area contributed by atoms with E-state index >= 15 is 0 Å². The van der Waals surface area contributed by atoms with Gasteiger partial charge in [0.25, 0.3) is 0 Å². The summed E-state index contributed by atoms with van der Waals surface area (Å²) in [5.74, 6) is -0.831. The molecule has 0 saturated heterocycles. The summed E-state index contributed by atoms with van der Waals surface area (Å²) in [7, 11) is 0. The molecule has 0 saturated carbocycles. The molecular weight excluding hydrogens is 238 g/mol. The van der Waals surface area contributed by atoms with Gasteiger partial charge in [-0.2, -0.15) is 0 Å². The van der Waals surface area contributed by atoms with Gasteiger partial charge in [0.2, 0.25) is 0 Å². The highest BCUT2D eigenvalue weighted by atomic mass is 16.4. The van der Waals surface area contributed by atoms with Crippen LogP contribution in [0.15, 0.2) is 23.9 Å². The molecule has 0 unspecified atom stereocenters. The Balaban J connectivity index is 1.97. The van der Waals surface area contributed by atoms with Crippen molar-refractivity contribution in [3.63, 3.8) is 0 Å². The fourth-order valence-electron chi connectivity index (χ4n) is 2.30. The van der Waals surface area contributed by atoms with Crippen LogP contribution in [0.5, 0.6) is 0 Å². The van der Waals surface area contributed by atoms with Crippen molar-refractivity contribution in [1.82, 2.24) is 4.90 Å². The van der Waals surface area contributed by atoms with Crippen LogP contribution in [-0.4, -0.2) is 29.1 Å². The molecule has 3 heteroatoms. The van der Waals surface area contributed by atoms with E-state index in [1.54, 1.807) is 12.2 Å². The van der Waals surface area contributed by atoms with Gasteiger partial charge in [0.05, 0.1) is 5.57 Å². The summed E-state index contributed by atoms with van der Waals surface area (Å²) in [5, 5.41) is 8.82. The molecule has 0 aromatic rings. The Labute approximate surface area is 117 Å². The van der Waals surface area contributed by atoms with Gasteiger partial charge in [0, 0.05) is 19.3 Å². The van der Waals surface area contributed by atoms with Crippen LogP contribution in [0.2, 0.25) is 0 Å². The standard InChI is InChI=1S/C16H27NO2/c1-2-3-4-5-6-7-8-9-12-17-13-10-15(11-14-17)16(18)19/h10-11,13H,2-9,12,14H2,1H3,(H,18,19). The van der Waals surface area contributed by atoms with Crippen LogP contribution in [-0.2, 0) is 4.79 Å². The third-order valence-electron chi connectivity index (χ3n) is 3.56. The minimum Gasteiger partial charge on any atom is -0.478 e. The van der Waals surface area contributed by atoms with E-state index in [9.17, 15) is 4.79 Å². The van der Waals surface area contributed by atoms with E-state index in [1.165, 1.54) is 51.4 Å². The van der Waals surface area contributed by atoms with Gasteiger partial charge < -0.3 is 10.0 Å². The van der Waals surface area contributed by atoms with Gasteiger partial charge >= 0.3 is 5.97 Å². The van der Waals surface area contributed by atoms with Crippen LogP contribution < -0.4 is 0 Å². The maximum Gasteiger partial charge on any atom is 0.335 e. The Kier molecular flexibility index (Phi) is 8.03. The van der Waals surface area contributed by atoms with Gasteiger partial charge in [-0.3, -0.25) is 0 Å². The largest absolute Gasteiger partial charge is 0.478 e. The van der Waals surface area contributed by atoms with Crippen molar-refractivity contribution in [2.24, 2.45) is 0 Å². The molecule has 0 radical (unpaired) electrons. The van der Waals surface area contributed by atoms with Gasteiger partial charge in [0.15, 0.2) is 0 Å². The Morgan fingerprint density at radius 2 is 1.79 bits per heavy atom. The lowest BCUT2D eigenvalue weighted by Crippen LogP contribution is -2.22. The number of hydrogen-bond donors (Lipinski definition) is 1. The lowest BCUT2D eigenvalue weighted by atomic mass is 10.1. The van der Waals surface area contributed by atoms with Gasteiger partial charge in [-0.1, -0.05) is 57.9 Å².